The van der Waals surface area contributed by atoms with Gasteiger partial charge in [-0.05, 0) is 54.8 Å². The van der Waals surface area contributed by atoms with Crippen molar-refractivity contribution >= 4 is 11.7 Å². The summed E-state index contributed by atoms with van der Waals surface area (Å²) in [6.45, 7) is -0.487. The molecule has 0 aliphatic carbocycles. The van der Waals surface area contributed by atoms with E-state index in [0.29, 0.717) is 12.1 Å². The van der Waals surface area contributed by atoms with Gasteiger partial charge in [-0.25, -0.2) is 4.98 Å². The molecule has 1 aliphatic rings. The number of hydrogen-bond acceptors (Lipinski definition) is 4. The summed E-state index contributed by atoms with van der Waals surface area (Å²) >= 11 is 0. The monoisotopic (exact) mass is 347 g/mol. The lowest BCUT2D eigenvalue weighted by Crippen LogP contribution is -2.23. The van der Waals surface area contributed by atoms with Gasteiger partial charge in [0.2, 0.25) is 0 Å². The molecule has 1 saturated heterocycles. The molecule has 2 aromatic rings. The van der Waals surface area contributed by atoms with Gasteiger partial charge in [0.05, 0.1) is 0 Å². The number of halogens is 2. The fourth-order valence-corrected chi connectivity index (χ4v) is 2.76. The van der Waals surface area contributed by atoms with E-state index in [9.17, 15) is 13.6 Å². The summed E-state index contributed by atoms with van der Waals surface area (Å²) in [5.74, 6) is 0.678. The highest BCUT2D eigenvalue weighted by molar-refractivity contribution is 5.94. The van der Waals surface area contributed by atoms with Gasteiger partial charge in [-0.1, -0.05) is 0 Å². The molecule has 1 aromatic heterocycles. The largest absolute Gasteiger partial charge is 0.435 e. The quantitative estimate of drug-likeness (QED) is 0.872. The zero-order valence-corrected chi connectivity index (χ0v) is 13.6. The first kappa shape index (κ1) is 17.1. The fourth-order valence-electron chi connectivity index (χ4n) is 2.76. The molecule has 3 rings (SSSR count). The van der Waals surface area contributed by atoms with Crippen LogP contribution in [-0.4, -0.2) is 30.6 Å². The molecule has 25 heavy (non-hydrogen) atoms. The Hall–Kier alpha value is -2.70. The molecule has 1 aliphatic heterocycles. The SMILES string of the molecule is O=C(NCc1ccnc(N2CCCC2)c1)c1ccc(OC(F)F)cc1. The first-order chi connectivity index (χ1) is 12.1. The van der Waals surface area contributed by atoms with Crippen LogP contribution in [0.1, 0.15) is 28.8 Å². The number of carbonyl (C=O) groups is 1. The van der Waals surface area contributed by atoms with Crippen molar-refractivity contribution in [2.75, 3.05) is 18.0 Å². The number of hydrogen-bond donors (Lipinski definition) is 1. The van der Waals surface area contributed by atoms with Crippen LogP contribution in [0.4, 0.5) is 14.6 Å². The molecule has 1 fully saturated rings. The maximum atomic E-state index is 12.2. The molecular weight excluding hydrogens is 328 g/mol. The molecule has 5 nitrogen and oxygen atoms in total. The normalized spacial score (nSPS) is 14.0. The minimum atomic E-state index is -2.88. The van der Waals surface area contributed by atoms with Gasteiger partial charge in [0.25, 0.3) is 5.91 Å². The summed E-state index contributed by atoms with van der Waals surface area (Å²) in [6, 6.07) is 9.44. The van der Waals surface area contributed by atoms with Crippen LogP contribution in [0, 0.1) is 0 Å². The zero-order chi connectivity index (χ0) is 17.6. The average molecular weight is 347 g/mol. The van der Waals surface area contributed by atoms with Gasteiger partial charge >= 0.3 is 6.61 Å². The highest BCUT2D eigenvalue weighted by Gasteiger charge is 2.14. The third kappa shape index (κ3) is 4.65. The first-order valence-corrected chi connectivity index (χ1v) is 8.15. The standard InChI is InChI=1S/C18H19F2N3O2/c19-18(20)25-15-5-3-14(4-6-15)17(24)22-12-13-7-8-21-16(11-13)23-9-1-2-10-23/h3-8,11,18H,1-2,9-10,12H2,(H,22,24). The van der Waals surface area contributed by atoms with Crippen molar-refractivity contribution in [2.24, 2.45) is 0 Å². The second kappa shape index (κ2) is 7.92. The van der Waals surface area contributed by atoms with E-state index >= 15 is 0 Å². The Morgan fingerprint density at radius 1 is 1.20 bits per heavy atom. The predicted molar refractivity (Wildman–Crippen MR) is 89.9 cm³/mol. The van der Waals surface area contributed by atoms with Crippen LogP contribution in [0.3, 0.4) is 0 Å². The van der Waals surface area contributed by atoms with Crippen molar-refractivity contribution in [3.63, 3.8) is 0 Å². The van der Waals surface area contributed by atoms with E-state index in [1.54, 1.807) is 6.20 Å². The molecule has 1 aromatic carbocycles. The summed E-state index contributed by atoms with van der Waals surface area (Å²) in [7, 11) is 0. The van der Waals surface area contributed by atoms with Gasteiger partial charge in [0.15, 0.2) is 0 Å². The lowest BCUT2D eigenvalue weighted by molar-refractivity contribution is -0.0498. The lowest BCUT2D eigenvalue weighted by Gasteiger charge is -2.17. The molecule has 132 valence electrons. The maximum Gasteiger partial charge on any atom is 0.387 e. The minimum absolute atomic E-state index is 0.0240. The van der Waals surface area contributed by atoms with Crippen LogP contribution in [0.15, 0.2) is 42.6 Å². The molecule has 0 atom stereocenters. The van der Waals surface area contributed by atoms with Crippen molar-refractivity contribution in [3.05, 3.63) is 53.7 Å². The third-order valence-corrected chi connectivity index (χ3v) is 4.03. The Labute approximate surface area is 144 Å². The Morgan fingerprint density at radius 2 is 1.92 bits per heavy atom. The van der Waals surface area contributed by atoms with E-state index < -0.39 is 6.61 Å². The van der Waals surface area contributed by atoms with Gasteiger partial charge in [-0.2, -0.15) is 8.78 Å². The molecule has 1 amide bonds. The molecule has 0 radical (unpaired) electrons. The highest BCUT2D eigenvalue weighted by Crippen LogP contribution is 2.19. The van der Waals surface area contributed by atoms with Crippen molar-refractivity contribution < 1.29 is 18.3 Å². The smallest absolute Gasteiger partial charge is 0.387 e. The van der Waals surface area contributed by atoms with Crippen LogP contribution in [0.2, 0.25) is 0 Å². The maximum absolute atomic E-state index is 12.2. The number of anilines is 1. The molecule has 2 heterocycles. The Kier molecular flexibility index (Phi) is 5.42. The summed E-state index contributed by atoms with van der Waals surface area (Å²) in [5, 5.41) is 2.82. The Bertz CT molecular complexity index is 717. The number of nitrogens with zero attached hydrogens (tertiary/aromatic N) is 2. The van der Waals surface area contributed by atoms with Crippen LogP contribution in [-0.2, 0) is 6.54 Å². The fraction of sp³-hybridized carbons (Fsp3) is 0.333. The second-order valence-electron chi connectivity index (χ2n) is 5.80. The third-order valence-electron chi connectivity index (χ3n) is 4.03. The summed E-state index contributed by atoms with van der Waals surface area (Å²) in [4.78, 5) is 18.8. The molecule has 1 N–H and O–H groups in total. The Morgan fingerprint density at radius 3 is 2.60 bits per heavy atom. The van der Waals surface area contributed by atoms with Crippen molar-refractivity contribution in [1.29, 1.82) is 0 Å². The zero-order valence-electron chi connectivity index (χ0n) is 13.6. The van der Waals surface area contributed by atoms with Crippen LogP contribution in [0.5, 0.6) is 5.75 Å². The number of ether oxygens (including phenoxy) is 1. The average Bonchev–Trinajstić information content (AvgIpc) is 3.15. The lowest BCUT2D eigenvalue weighted by atomic mass is 10.2. The van der Waals surface area contributed by atoms with Crippen LogP contribution >= 0.6 is 0 Å². The van der Waals surface area contributed by atoms with E-state index in [0.717, 1.165) is 24.5 Å². The summed E-state index contributed by atoms with van der Waals surface area (Å²) in [6.07, 6.45) is 4.09. The van der Waals surface area contributed by atoms with E-state index in [4.69, 9.17) is 0 Å². The summed E-state index contributed by atoms with van der Waals surface area (Å²) < 4.78 is 28.5. The van der Waals surface area contributed by atoms with Crippen LogP contribution < -0.4 is 15.0 Å². The van der Waals surface area contributed by atoms with E-state index in [1.807, 2.05) is 12.1 Å². The molecule has 0 bridgehead atoms. The highest BCUT2D eigenvalue weighted by atomic mass is 19.3. The number of aromatic nitrogens is 1. The number of pyridine rings is 1. The van der Waals surface area contributed by atoms with Gasteiger partial charge < -0.3 is 15.0 Å². The van der Waals surface area contributed by atoms with Crippen molar-refractivity contribution in [2.45, 2.75) is 26.0 Å². The van der Waals surface area contributed by atoms with Gasteiger partial charge in [-0.3, -0.25) is 4.79 Å². The van der Waals surface area contributed by atoms with Gasteiger partial charge in [0.1, 0.15) is 11.6 Å². The van der Waals surface area contributed by atoms with Gasteiger partial charge in [0, 0.05) is 31.4 Å². The van der Waals surface area contributed by atoms with Crippen molar-refractivity contribution in [1.82, 2.24) is 10.3 Å². The number of nitrogens with one attached hydrogen (secondary N) is 1. The van der Waals surface area contributed by atoms with Crippen LogP contribution in [0.25, 0.3) is 0 Å². The van der Waals surface area contributed by atoms with Crippen molar-refractivity contribution in [3.8, 4) is 5.75 Å². The van der Waals surface area contributed by atoms with E-state index in [1.165, 1.54) is 37.1 Å². The topological polar surface area (TPSA) is 54.5 Å². The second-order valence-corrected chi connectivity index (χ2v) is 5.80. The molecule has 0 saturated carbocycles. The molecule has 0 spiro atoms. The first-order valence-electron chi connectivity index (χ1n) is 8.15. The predicted octanol–water partition coefficient (Wildman–Crippen LogP) is 3.21. The van der Waals surface area contributed by atoms with E-state index in [2.05, 4.69) is 19.9 Å². The molecular formula is C18H19F2N3O2. The Balaban J connectivity index is 1.57. The number of rotatable bonds is 6. The van der Waals surface area contributed by atoms with Gasteiger partial charge in [-0.15, -0.1) is 0 Å². The number of amides is 1. The number of carbonyl (C=O) groups excluding carboxylic acids is 1. The molecule has 0 unspecified atom stereocenters. The number of benzene rings is 1. The van der Waals surface area contributed by atoms with E-state index in [-0.39, 0.29) is 11.7 Å². The molecule has 7 heteroatoms. The summed E-state index contributed by atoms with van der Waals surface area (Å²) in [5.41, 5.74) is 1.35. The number of alkyl halides is 2. The minimum Gasteiger partial charge on any atom is -0.435 e.